The summed E-state index contributed by atoms with van der Waals surface area (Å²) in [6.07, 6.45) is 1.34. The van der Waals surface area contributed by atoms with Crippen molar-refractivity contribution in [1.82, 2.24) is 14.7 Å². The summed E-state index contributed by atoms with van der Waals surface area (Å²) in [4.78, 5) is 14.3. The molecule has 0 bridgehead atoms. The number of ether oxygens (including phenoxy) is 1. The van der Waals surface area contributed by atoms with Crippen LogP contribution in [0.15, 0.2) is 24.4 Å². The van der Waals surface area contributed by atoms with Crippen LogP contribution < -0.4 is 0 Å². The van der Waals surface area contributed by atoms with Gasteiger partial charge in [0.05, 0.1) is 28.2 Å². The van der Waals surface area contributed by atoms with Gasteiger partial charge in [0.25, 0.3) is 5.91 Å². The van der Waals surface area contributed by atoms with Gasteiger partial charge in [-0.3, -0.25) is 9.48 Å². The maximum absolute atomic E-state index is 12.6. The van der Waals surface area contributed by atoms with Gasteiger partial charge in [0.1, 0.15) is 6.10 Å². The maximum Gasteiger partial charge on any atom is 0.276 e. The summed E-state index contributed by atoms with van der Waals surface area (Å²) in [5.41, 5.74) is 1.13. The van der Waals surface area contributed by atoms with Crippen LogP contribution in [0.3, 0.4) is 0 Å². The van der Waals surface area contributed by atoms with Crippen molar-refractivity contribution in [3.63, 3.8) is 0 Å². The second kappa shape index (κ2) is 6.69. The monoisotopic (exact) mass is 373 g/mol. The van der Waals surface area contributed by atoms with E-state index in [1.165, 1.54) is 4.68 Å². The summed E-state index contributed by atoms with van der Waals surface area (Å²) in [7, 11) is 1.72. The Morgan fingerprint density at radius 2 is 2.04 bits per heavy atom. The first kappa shape index (κ1) is 16.6. The van der Waals surface area contributed by atoms with Gasteiger partial charge < -0.3 is 9.64 Å². The Bertz CT molecular complexity index is 748. The molecule has 1 aromatic carbocycles. The van der Waals surface area contributed by atoms with Gasteiger partial charge in [0, 0.05) is 19.8 Å². The van der Waals surface area contributed by atoms with Crippen LogP contribution in [0.1, 0.15) is 22.2 Å². The van der Waals surface area contributed by atoms with Crippen LogP contribution >= 0.6 is 34.8 Å². The number of nitrogens with zero attached hydrogens (tertiary/aromatic N) is 3. The van der Waals surface area contributed by atoms with Gasteiger partial charge in [-0.2, -0.15) is 5.10 Å². The van der Waals surface area contributed by atoms with E-state index in [-0.39, 0.29) is 17.7 Å². The summed E-state index contributed by atoms with van der Waals surface area (Å²) in [6, 6.07) is 5.33. The highest BCUT2D eigenvalue weighted by molar-refractivity contribution is 6.42. The Balaban J connectivity index is 1.79. The zero-order chi connectivity index (χ0) is 16.6. The van der Waals surface area contributed by atoms with Crippen molar-refractivity contribution in [1.29, 1.82) is 0 Å². The highest BCUT2D eigenvalue weighted by Crippen LogP contribution is 2.29. The molecule has 1 aliphatic rings. The first-order valence-corrected chi connectivity index (χ1v) is 8.14. The van der Waals surface area contributed by atoms with Crippen molar-refractivity contribution in [3.8, 4) is 0 Å². The number of rotatable bonds is 2. The Morgan fingerprint density at radius 3 is 2.70 bits per heavy atom. The minimum Gasteiger partial charge on any atom is -0.370 e. The number of carbonyl (C=O) groups is 1. The van der Waals surface area contributed by atoms with Gasteiger partial charge in [-0.25, -0.2) is 0 Å². The van der Waals surface area contributed by atoms with E-state index < -0.39 is 0 Å². The molecule has 8 heteroatoms. The molecule has 0 aliphatic carbocycles. The predicted octanol–water partition coefficient (Wildman–Crippen LogP) is 3.59. The average Bonchev–Trinajstić information content (AvgIpc) is 2.88. The largest absolute Gasteiger partial charge is 0.370 e. The van der Waals surface area contributed by atoms with Crippen LogP contribution in [0.2, 0.25) is 15.1 Å². The fraction of sp³-hybridized carbons (Fsp3) is 0.333. The Labute approximate surface area is 148 Å². The van der Waals surface area contributed by atoms with E-state index >= 15 is 0 Å². The average molecular weight is 375 g/mol. The second-order valence-corrected chi connectivity index (χ2v) is 6.51. The van der Waals surface area contributed by atoms with E-state index in [2.05, 4.69) is 5.10 Å². The van der Waals surface area contributed by atoms with Crippen LogP contribution in [-0.2, 0) is 11.8 Å². The molecular formula is C15H14Cl3N3O2. The van der Waals surface area contributed by atoms with Crippen molar-refractivity contribution < 1.29 is 9.53 Å². The molecule has 1 saturated heterocycles. The Morgan fingerprint density at radius 1 is 1.26 bits per heavy atom. The van der Waals surface area contributed by atoms with Crippen molar-refractivity contribution in [2.24, 2.45) is 7.05 Å². The molecule has 2 aromatic rings. The summed E-state index contributed by atoms with van der Waals surface area (Å²) in [5.74, 6) is -0.205. The lowest BCUT2D eigenvalue weighted by Crippen LogP contribution is -2.42. The Kier molecular flexibility index (Phi) is 4.82. The van der Waals surface area contributed by atoms with Crippen molar-refractivity contribution in [3.05, 3.63) is 50.7 Å². The van der Waals surface area contributed by atoms with Crippen molar-refractivity contribution in [2.45, 2.75) is 6.10 Å². The number of morpholine rings is 1. The van der Waals surface area contributed by atoms with Crippen LogP contribution in [0.4, 0.5) is 0 Å². The zero-order valence-corrected chi connectivity index (χ0v) is 14.6. The lowest BCUT2D eigenvalue weighted by atomic mass is 10.1. The van der Waals surface area contributed by atoms with Crippen LogP contribution in [0.25, 0.3) is 0 Å². The van der Waals surface area contributed by atoms with E-state index in [1.54, 1.807) is 30.3 Å². The topological polar surface area (TPSA) is 47.4 Å². The molecule has 1 amide bonds. The molecule has 2 heterocycles. The molecule has 1 unspecified atom stereocenters. The summed E-state index contributed by atoms with van der Waals surface area (Å²) >= 11 is 18.0. The molecule has 0 saturated carbocycles. The third-order valence-electron chi connectivity index (χ3n) is 3.66. The molecule has 1 atom stereocenters. The first-order valence-electron chi connectivity index (χ1n) is 7.00. The van der Waals surface area contributed by atoms with E-state index in [9.17, 15) is 4.79 Å². The van der Waals surface area contributed by atoms with Gasteiger partial charge in [0.15, 0.2) is 5.69 Å². The number of halogens is 3. The van der Waals surface area contributed by atoms with Gasteiger partial charge in [-0.1, -0.05) is 40.9 Å². The van der Waals surface area contributed by atoms with Crippen molar-refractivity contribution in [2.75, 3.05) is 19.7 Å². The molecule has 1 aliphatic heterocycles. The van der Waals surface area contributed by atoms with Crippen molar-refractivity contribution >= 4 is 40.7 Å². The van der Waals surface area contributed by atoms with Gasteiger partial charge in [-0.15, -0.1) is 0 Å². The summed E-state index contributed by atoms with van der Waals surface area (Å²) in [5, 5.41) is 5.41. The van der Waals surface area contributed by atoms with E-state index in [4.69, 9.17) is 39.5 Å². The van der Waals surface area contributed by atoms with Crippen LogP contribution in [0, 0.1) is 0 Å². The molecule has 122 valence electrons. The molecule has 3 rings (SSSR count). The minimum absolute atomic E-state index is 0.205. The third kappa shape index (κ3) is 3.48. The van der Waals surface area contributed by atoms with Crippen LogP contribution in [0.5, 0.6) is 0 Å². The standard InChI is InChI=1S/C15H14Cl3N3O2/c1-20-7-12(18)14(19-20)15(22)21-4-5-23-13(8-21)9-2-3-10(16)11(17)6-9/h2-3,6-7,13H,4-5,8H2,1H3. The number of amides is 1. The SMILES string of the molecule is Cn1cc(Cl)c(C(=O)N2CCOC(c3ccc(Cl)c(Cl)c3)C2)n1. The second-order valence-electron chi connectivity index (χ2n) is 5.28. The molecular weight excluding hydrogens is 361 g/mol. The fourth-order valence-corrected chi connectivity index (χ4v) is 3.07. The molecule has 23 heavy (non-hydrogen) atoms. The van der Waals surface area contributed by atoms with Gasteiger partial charge >= 0.3 is 0 Å². The number of hydrogen-bond acceptors (Lipinski definition) is 3. The smallest absolute Gasteiger partial charge is 0.276 e. The fourth-order valence-electron chi connectivity index (χ4n) is 2.50. The van der Waals surface area contributed by atoms with Gasteiger partial charge in [0.2, 0.25) is 0 Å². The summed E-state index contributed by atoms with van der Waals surface area (Å²) < 4.78 is 7.28. The highest BCUT2D eigenvalue weighted by Gasteiger charge is 2.29. The maximum atomic E-state index is 12.6. The molecule has 0 spiro atoms. The van der Waals surface area contributed by atoms with E-state index in [0.717, 1.165) is 5.56 Å². The first-order chi connectivity index (χ1) is 11.0. The number of hydrogen-bond donors (Lipinski definition) is 0. The lowest BCUT2D eigenvalue weighted by Gasteiger charge is -2.33. The number of aromatic nitrogens is 2. The number of benzene rings is 1. The highest BCUT2D eigenvalue weighted by atomic mass is 35.5. The molecule has 0 radical (unpaired) electrons. The predicted molar refractivity (Wildman–Crippen MR) is 89.3 cm³/mol. The van der Waals surface area contributed by atoms with Gasteiger partial charge in [-0.05, 0) is 17.7 Å². The molecule has 0 N–H and O–H groups in total. The molecule has 5 nitrogen and oxygen atoms in total. The Hall–Kier alpha value is -1.27. The third-order valence-corrected chi connectivity index (χ3v) is 4.67. The lowest BCUT2D eigenvalue weighted by molar-refractivity contribution is -0.0230. The zero-order valence-electron chi connectivity index (χ0n) is 12.3. The molecule has 1 aromatic heterocycles. The molecule has 1 fully saturated rings. The number of carbonyl (C=O) groups excluding carboxylic acids is 1. The van der Waals surface area contributed by atoms with E-state index in [0.29, 0.717) is 34.8 Å². The minimum atomic E-state index is -0.259. The van der Waals surface area contributed by atoms with Crippen LogP contribution in [-0.4, -0.2) is 40.3 Å². The summed E-state index contributed by atoms with van der Waals surface area (Å²) in [6.45, 7) is 1.33. The quantitative estimate of drug-likeness (QED) is 0.807. The number of aryl methyl sites for hydroxylation is 1. The van der Waals surface area contributed by atoms with E-state index in [1.807, 2.05) is 6.07 Å². The normalized spacial score (nSPS) is 18.3.